The molecule has 1 aromatic carbocycles. The first-order chi connectivity index (χ1) is 50.9. The predicted molar refractivity (Wildman–Crippen MR) is 393 cm³/mol. The van der Waals surface area contributed by atoms with Crippen LogP contribution in [0.2, 0.25) is 0 Å². The van der Waals surface area contributed by atoms with Gasteiger partial charge in [0.05, 0.1) is 75.6 Å². The van der Waals surface area contributed by atoms with Crippen LogP contribution in [-0.2, 0) is 86.4 Å². The van der Waals surface area contributed by atoms with Crippen molar-refractivity contribution in [2.24, 2.45) is 35.5 Å². The normalized spacial score (nSPS) is 29.4. The monoisotopic (exact) mass is 1470 g/mol. The number of Topliss-reactive ketones (excluding diaryl/α,β-unsaturated/α-hetero) is 3. The number of aromatic nitrogens is 8. The van der Waals surface area contributed by atoms with Crippen LogP contribution in [0, 0.1) is 35.5 Å². The molecule has 5 aromatic rings. The molecule has 7 heterocycles. The zero-order chi connectivity index (χ0) is 76.2. The van der Waals surface area contributed by atoms with Crippen LogP contribution in [0.25, 0.3) is 33.4 Å². The number of hydrogen-bond donors (Lipinski definition) is 5. The van der Waals surface area contributed by atoms with Gasteiger partial charge in [0.1, 0.15) is 59.2 Å². The fourth-order valence-electron chi connectivity index (χ4n) is 14.8. The highest BCUT2D eigenvalue weighted by atomic mass is 16.6. The maximum absolute atomic E-state index is 14.8. The van der Waals surface area contributed by atoms with Gasteiger partial charge in [-0.25, -0.2) is 24.1 Å². The first-order valence-electron chi connectivity index (χ1n) is 37.4. The molecule has 2 saturated heterocycles. The number of aliphatic hydroxyl groups excluding tert-OH is 1. The first-order valence-corrected chi connectivity index (χ1v) is 37.4. The topological polar surface area (TPSA) is 384 Å². The maximum Gasteiger partial charge on any atom is 0.329 e. The van der Waals surface area contributed by atoms with E-state index in [2.05, 4.69) is 30.6 Å². The number of rotatable bonds is 24. The van der Waals surface area contributed by atoms with E-state index in [0.717, 1.165) is 17.6 Å². The number of unbranched alkanes of at least 4 members (excludes halogenated alkanes) is 1. The summed E-state index contributed by atoms with van der Waals surface area (Å²) in [6.45, 7) is 15.5. The third kappa shape index (κ3) is 21.7. The van der Waals surface area contributed by atoms with Crippen molar-refractivity contribution < 1.29 is 81.3 Å². The van der Waals surface area contributed by atoms with E-state index in [4.69, 9.17) is 58.9 Å². The van der Waals surface area contributed by atoms with Gasteiger partial charge >= 0.3 is 5.97 Å². The number of aryl methyl sites for hydroxylation is 1. The molecule has 0 radical (unpaired) electrons. The van der Waals surface area contributed by atoms with Gasteiger partial charge in [-0.3, -0.25) is 24.0 Å². The maximum atomic E-state index is 14.8. The van der Waals surface area contributed by atoms with Crippen LogP contribution in [0.4, 0.5) is 11.8 Å². The quantitative estimate of drug-likeness (QED) is 0.0168. The number of ketones is 3. The molecular formula is C77H110N12O17. The Bertz CT molecular complexity index is 3900. The van der Waals surface area contributed by atoms with Crippen molar-refractivity contribution in [3.05, 3.63) is 84.0 Å². The molecule has 7 N–H and O–H groups in total. The van der Waals surface area contributed by atoms with E-state index < -0.39 is 83.7 Å². The number of anilines is 2. The number of carbonyl (C=O) groups excluding carboxylic acids is 6. The number of aliphatic hydroxyl groups is 2. The average molecular weight is 1480 g/mol. The van der Waals surface area contributed by atoms with Gasteiger partial charge in [-0.15, -0.1) is 5.10 Å². The lowest BCUT2D eigenvalue weighted by Gasteiger charge is -2.42. The fraction of sp³-hybridized carbons (Fsp3) is 0.636. The molecule has 15 atom stereocenters. The minimum atomic E-state index is -2.47. The molecule has 1 aliphatic carbocycles. The molecule has 3 aliphatic heterocycles. The van der Waals surface area contributed by atoms with Crippen LogP contribution in [-0.4, -0.2) is 205 Å². The van der Waals surface area contributed by atoms with Crippen LogP contribution in [0.1, 0.15) is 150 Å². The van der Waals surface area contributed by atoms with Crippen molar-refractivity contribution in [2.75, 3.05) is 72.3 Å². The number of carbonyl (C=O) groups is 6. The van der Waals surface area contributed by atoms with E-state index in [0.29, 0.717) is 148 Å². The van der Waals surface area contributed by atoms with Gasteiger partial charge in [0.25, 0.3) is 17.7 Å². The Morgan fingerprint density at radius 1 is 0.858 bits per heavy atom. The number of cyclic esters (lactones) is 1. The molecule has 29 nitrogen and oxygen atoms in total. The van der Waals surface area contributed by atoms with Crippen LogP contribution in [0.15, 0.2) is 82.7 Å². The van der Waals surface area contributed by atoms with Crippen molar-refractivity contribution in [3.8, 4) is 11.3 Å². The summed E-state index contributed by atoms with van der Waals surface area (Å²) in [5.41, 5.74) is 17.1. The summed E-state index contributed by atoms with van der Waals surface area (Å²) < 4.78 is 57.1. The standard InChI is InChI=1S/C77H110N12O17/c1-46-18-12-11-13-19-47(2)62(98-8)41-56-24-21-52(7)77(97,106-56)71(94)74(95)88-29-16-14-20-58(88)75(96)104-63(42-59(90)48(3)37-51(6)69(93)70(100-10)68(92)50(5)36-46)49(4)38-53-22-25-61(64(39-53)99-9)103-35-34-102-44-55-43-87(86-84-55)31-33-101-32-27-65(91)80-28-15-17-30-89-73-66(72(78)81-45-82-73)67(85-89)54-23-26-60-57(40-54)83-76(79)105-60/h11-13,18-19,23,26,37,40,43,45-46,48-50,52-53,56,58,61-64,69-70,93,97H,14-17,20-22,24-25,27-36,38-39,41-42,44H2,1-10H3,(H2,79,83)(H,80,91)(H2,78,81,82)/b13-11+,18-12+,47-19+,51-37+/t46-,48-,49-,50-,52-,53+,56+,58+,61-,62+,63+,64-,69-,70+,77-/m1/s1. The number of oxazole rings is 1. The van der Waals surface area contributed by atoms with Crippen LogP contribution >= 0.6 is 0 Å². The molecule has 4 aromatic heterocycles. The lowest BCUT2D eigenvalue weighted by molar-refractivity contribution is -0.265. The van der Waals surface area contributed by atoms with E-state index >= 15 is 0 Å². The third-order valence-electron chi connectivity index (χ3n) is 21.1. The molecule has 29 heteroatoms. The number of hydrogen-bond acceptors (Lipinski definition) is 25. The fourth-order valence-corrected chi connectivity index (χ4v) is 14.8. The van der Waals surface area contributed by atoms with Gasteiger partial charge in [-0.1, -0.05) is 76.3 Å². The van der Waals surface area contributed by atoms with E-state index in [1.807, 2.05) is 70.2 Å². The molecule has 580 valence electrons. The Morgan fingerprint density at radius 3 is 2.45 bits per heavy atom. The summed E-state index contributed by atoms with van der Waals surface area (Å²) >= 11 is 0. The molecular weight excluding hydrogens is 1360 g/mol. The Kier molecular flexibility index (Phi) is 30.4. The number of amides is 2. The number of nitrogen functional groups attached to an aromatic ring is 2. The number of allylic oxidation sites excluding steroid dienone is 6. The second kappa shape index (κ2) is 39.2. The zero-order valence-electron chi connectivity index (χ0n) is 63.1. The zero-order valence-corrected chi connectivity index (χ0v) is 63.1. The molecule has 2 amide bonds. The molecule has 106 heavy (non-hydrogen) atoms. The van der Waals surface area contributed by atoms with Crippen LogP contribution in [0.5, 0.6) is 0 Å². The minimum absolute atomic E-state index is 0.00893. The van der Waals surface area contributed by atoms with E-state index in [-0.39, 0.29) is 93.2 Å². The van der Waals surface area contributed by atoms with Gasteiger partial charge in [0.15, 0.2) is 17.0 Å². The number of nitrogens with zero attached hydrogens (tertiary/aromatic N) is 9. The number of nitrogens with two attached hydrogens (primary N) is 2. The highest BCUT2D eigenvalue weighted by molar-refractivity contribution is 6.39. The van der Waals surface area contributed by atoms with Crippen molar-refractivity contribution in [2.45, 2.75) is 219 Å². The van der Waals surface area contributed by atoms with Crippen molar-refractivity contribution in [1.29, 1.82) is 0 Å². The first kappa shape index (κ1) is 82.1. The van der Waals surface area contributed by atoms with Crippen molar-refractivity contribution in [3.63, 3.8) is 0 Å². The summed E-state index contributed by atoms with van der Waals surface area (Å²) in [6, 6.07) is 4.36. The Hall–Kier alpha value is -8.00. The summed E-state index contributed by atoms with van der Waals surface area (Å²) in [7, 11) is 4.60. The molecule has 0 spiro atoms. The summed E-state index contributed by atoms with van der Waals surface area (Å²) in [5, 5.41) is 40.6. The van der Waals surface area contributed by atoms with E-state index in [1.54, 1.807) is 62.7 Å². The highest BCUT2D eigenvalue weighted by Gasteiger charge is 2.53. The smallest absolute Gasteiger partial charge is 0.329 e. The predicted octanol–water partition coefficient (Wildman–Crippen LogP) is 8.13. The van der Waals surface area contributed by atoms with Gasteiger partial charge in [-0.05, 0) is 138 Å². The summed E-state index contributed by atoms with van der Waals surface area (Å²) in [6.07, 6.45) is 16.1. The van der Waals surface area contributed by atoms with Gasteiger partial charge < -0.3 is 74.2 Å². The number of methoxy groups -OCH3 is 3. The third-order valence-corrected chi connectivity index (χ3v) is 21.1. The van der Waals surface area contributed by atoms with Crippen LogP contribution in [0.3, 0.4) is 0 Å². The van der Waals surface area contributed by atoms with Gasteiger partial charge in [0, 0.05) is 83.5 Å². The van der Waals surface area contributed by atoms with E-state index in [1.165, 1.54) is 18.3 Å². The van der Waals surface area contributed by atoms with Crippen LogP contribution < -0.4 is 16.8 Å². The molecule has 1 saturated carbocycles. The number of piperidine rings is 1. The summed E-state index contributed by atoms with van der Waals surface area (Å²) in [4.78, 5) is 98.9. The Morgan fingerprint density at radius 2 is 1.67 bits per heavy atom. The lowest BCUT2D eigenvalue weighted by Crippen LogP contribution is -2.61. The molecule has 9 rings (SSSR count). The van der Waals surface area contributed by atoms with E-state index in [9.17, 15) is 39.0 Å². The Balaban J connectivity index is 0.738. The number of benzene rings is 1. The minimum Gasteiger partial charge on any atom is -0.460 e. The van der Waals surface area contributed by atoms with Crippen molar-refractivity contribution in [1.82, 2.24) is 49.9 Å². The number of fused-ring (bicyclic) bond motifs is 5. The number of esters is 1. The van der Waals surface area contributed by atoms with Gasteiger partial charge in [-0.2, -0.15) is 10.1 Å². The molecule has 3 fully saturated rings. The number of nitrogens with one attached hydrogen (secondary N) is 1. The van der Waals surface area contributed by atoms with Crippen molar-refractivity contribution >= 4 is 69.1 Å². The summed E-state index contributed by atoms with van der Waals surface area (Å²) in [5.74, 6) is -8.14. The highest BCUT2D eigenvalue weighted by Crippen LogP contribution is 2.39. The Labute approximate surface area is 619 Å². The van der Waals surface area contributed by atoms with Gasteiger partial charge in [0.2, 0.25) is 11.7 Å². The molecule has 0 unspecified atom stereocenters. The second-order valence-corrected chi connectivity index (χ2v) is 29.1. The number of ether oxygens (including phenoxy) is 8. The second-order valence-electron chi connectivity index (χ2n) is 29.1. The molecule has 4 aliphatic rings. The average Bonchev–Trinajstić information content (AvgIpc) is 1.78. The SMILES string of the molecule is CO[C@H]1C[C@@H]2CC[C@@H](C)[C@@](O)(O2)C(=O)C(=O)N2CCCC[C@H]2C(=O)O[C@H]([C@H](C)C[C@@H]2CC[C@@H](OCCOCc3cn(CCOCCC(=O)NCCCCn4nc(-c5ccc6oc(N)nc6c5)c5c(N)ncnc54)nn3)[C@H](OC)C2)CC(=O)[C@H](C)/C=C(\C)[C@@H](O)[C@@H](OC)C(=O)[C@H](C)C[C@H](C)/C=C/C=C/C=C/1C. The largest absolute Gasteiger partial charge is 0.460 e. The lowest BCUT2D eigenvalue weighted by atomic mass is 9.78. The molecule has 2 bridgehead atoms.